The standard InChI is InChI=1S/C25H54N/c1-6-9-11-12-13-14-15-16-17-18-19-21-23-25(22-20-10-7-2)26(4,5)24-8-3/h25H,6-24H2,1-5H3/q+1. The zero-order chi connectivity index (χ0) is 19.5. The van der Waals surface area contributed by atoms with E-state index < -0.39 is 0 Å². The van der Waals surface area contributed by atoms with E-state index in [1.807, 2.05) is 0 Å². The maximum atomic E-state index is 2.47. The van der Waals surface area contributed by atoms with E-state index in [1.54, 1.807) is 0 Å². The molecule has 0 aliphatic rings. The van der Waals surface area contributed by atoms with E-state index in [2.05, 4.69) is 34.9 Å². The Kier molecular flexibility index (Phi) is 18.3. The molecule has 1 heteroatoms. The predicted molar refractivity (Wildman–Crippen MR) is 121 cm³/mol. The molecule has 0 N–H and O–H groups in total. The van der Waals surface area contributed by atoms with Crippen LogP contribution in [0, 0.1) is 0 Å². The molecule has 0 aliphatic heterocycles. The van der Waals surface area contributed by atoms with Crippen LogP contribution in [0.2, 0.25) is 0 Å². The maximum Gasteiger partial charge on any atom is 0.0886 e. The average molecular weight is 369 g/mol. The zero-order valence-corrected chi connectivity index (χ0v) is 19.5. The van der Waals surface area contributed by atoms with Crippen molar-refractivity contribution in [3.05, 3.63) is 0 Å². The van der Waals surface area contributed by atoms with Gasteiger partial charge in [0, 0.05) is 0 Å². The number of unbranched alkanes of at least 4 members (excludes halogenated alkanes) is 13. The SMILES string of the molecule is CCCCCCCCCCCCCCC(CCCCC)[N+](C)(C)CCC. The van der Waals surface area contributed by atoms with Gasteiger partial charge in [0.2, 0.25) is 0 Å². The molecule has 158 valence electrons. The van der Waals surface area contributed by atoms with E-state index in [4.69, 9.17) is 0 Å². The summed E-state index contributed by atoms with van der Waals surface area (Å²) in [6.07, 6.45) is 25.9. The summed E-state index contributed by atoms with van der Waals surface area (Å²) < 4.78 is 1.25. The van der Waals surface area contributed by atoms with E-state index in [0.717, 1.165) is 6.04 Å². The Balaban J connectivity index is 3.71. The summed E-state index contributed by atoms with van der Waals surface area (Å²) >= 11 is 0. The molecule has 0 aromatic carbocycles. The Bertz CT molecular complexity index is 271. The van der Waals surface area contributed by atoms with Crippen LogP contribution in [0.3, 0.4) is 0 Å². The fraction of sp³-hybridized carbons (Fsp3) is 1.00. The van der Waals surface area contributed by atoms with Gasteiger partial charge in [0.05, 0.1) is 26.7 Å². The lowest BCUT2D eigenvalue weighted by Crippen LogP contribution is -2.49. The fourth-order valence-corrected chi connectivity index (χ4v) is 4.45. The van der Waals surface area contributed by atoms with Crippen LogP contribution in [0.1, 0.15) is 136 Å². The monoisotopic (exact) mass is 368 g/mol. The Morgan fingerprint density at radius 2 is 0.808 bits per heavy atom. The first kappa shape index (κ1) is 26.0. The highest BCUT2D eigenvalue weighted by molar-refractivity contribution is 4.61. The van der Waals surface area contributed by atoms with Gasteiger partial charge in [-0.2, -0.15) is 0 Å². The number of hydrogen-bond donors (Lipinski definition) is 0. The lowest BCUT2D eigenvalue weighted by atomic mass is 9.98. The molecule has 0 amide bonds. The molecule has 0 aliphatic carbocycles. The summed E-state index contributed by atoms with van der Waals surface area (Å²) in [6.45, 7) is 8.31. The van der Waals surface area contributed by atoms with Gasteiger partial charge in [-0.25, -0.2) is 0 Å². The lowest BCUT2D eigenvalue weighted by molar-refractivity contribution is -0.916. The van der Waals surface area contributed by atoms with E-state index >= 15 is 0 Å². The highest BCUT2D eigenvalue weighted by atomic mass is 15.3. The van der Waals surface area contributed by atoms with Gasteiger partial charge in [0.1, 0.15) is 0 Å². The topological polar surface area (TPSA) is 0 Å². The van der Waals surface area contributed by atoms with Gasteiger partial charge in [-0.05, 0) is 32.1 Å². The van der Waals surface area contributed by atoms with Crippen LogP contribution >= 0.6 is 0 Å². The molecule has 0 saturated heterocycles. The second-order valence-electron chi connectivity index (χ2n) is 9.33. The molecule has 0 aromatic rings. The van der Waals surface area contributed by atoms with Crippen molar-refractivity contribution < 1.29 is 4.48 Å². The summed E-state index contributed by atoms with van der Waals surface area (Å²) in [5.41, 5.74) is 0. The molecule has 0 fully saturated rings. The molecule has 0 aromatic heterocycles. The minimum absolute atomic E-state index is 0.893. The van der Waals surface area contributed by atoms with E-state index in [1.165, 1.54) is 127 Å². The minimum atomic E-state index is 0.893. The van der Waals surface area contributed by atoms with Crippen LogP contribution in [0.4, 0.5) is 0 Å². The summed E-state index contributed by atoms with van der Waals surface area (Å²) in [6, 6.07) is 0.893. The normalized spacial score (nSPS) is 13.3. The van der Waals surface area contributed by atoms with Gasteiger partial charge in [-0.1, -0.05) is 104 Å². The molecule has 1 unspecified atom stereocenters. The Labute approximate surface area is 167 Å². The Hall–Kier alpha value is -0.0400. The van der Waals surface area contributed by atoms with E-state index in [-0.39, 0.29) is 0 Å². The quantitative estimate of drug-likeness (QED) is 0.149. The zero-order valence-electron chi connectivity index (χ0n) is 19.5. The smallest absolute Gasteiger partial charge is 0.0886 e. The Morgan fingerprint density at radius 3 is 1.23 bits per heavy atom. The second kappa shape index (κ2) is 18.3. The molecular formula is C25H54N+. The van der Waals surface area contributed by atoms with Crippen molar-refractivity contribution in [2.24, 2.45) is 0 Å². The molecule has 0 heterocycles. The first-order valence-corrected chi connectivity index (χ1v) is 12.4. The molecule has 0 spiro atoms. The second-order valence-corrected chi connectivity index (χ2v) is 9.33. The fourth-order valence-electron chi connectivity index (χ4n) is 4.45. The number of quaternary nitrogens is 1. The number of hydrogen-bond acceptors (Lipinski definition) is 0. The first-order valence-electron chi connectivity index (χ1n) is 12.4. The molecule has 0 bridgehead atoms. The van der Waals surface area contributed by atoms with Crippen LogP contribution in [-0.4, -0.2) is 31.2 Å². The van der Waals surface area contributed by atoms with E-state index in [0.29, 0.717) is 0 Å². The van der Waals surface area contributed by atoms with Crippen LogP contribution in [0.5, 0.6) is 0 Å². The lowest BCUT2D eigenvalue weighted by Gasteiger charge is -2.38. The highest BCUT2D eigenvalue weighted by Gasteiger charge is 2.26. The third kappa shape index (κ3) is 15.1. The van der Waals surface area contributed by atoms with Crippen molar-refractivity contribution in [2.75, 3.05) is 20.6 Å². The summed E-state index contributed by atoms with van der Waals surface area (Å²) in [5.74, 6) is 0. The van der Waals surface area contributed by atoms with Crippen molar-refractivity contribution >= 4 is 0 Å². The van der Waals surface area contributed by atoms with Crippen molar-refractivity contribution in [1.29, 1.82) is 0 Å². The Morgan fingerprint density at radius 1 is 0.462 bits per heavy atom. The van der Waals surface area contributed by atoms with Crippen molar-refractivity contribution in [2.45, 2.75) is 142 Å². The summed E-state index contributed by atoms with van der Waals surface area (Å²) in [5, 5.41) is 0. The third-order valence-corrected chi connectivity index (χ3v) is 6.32. The average Bonchev–Trinajstić information content (AvgIpc) is 2.61. The molecule has 1 nitrogen and oxygen atoms in total. The molecule has 26 heavy (non-hydrogen) atoms. The highest BCUT2D eigenvalue weighted by Crippen LogP contribution is 2.22. The molecule has 0 radical (unpaired) electrons. The van der Waals surface area contributed by atoms with Gasteiger partial charge < -0.3 is 4.48 Å². The van der Waals surface area contributed by atoms with Crippen LogP contribution in [0.25, 0.3) is 0 Å². The van der Waals surface area contributed by atoms with E-state index in [9.17, 15) is 0 Å². The molecular weight excluding hydrogens is 314 g/mol. The van der Waals surface area contributed by atoms with Crippen LogP contribution in [-0.2, 0) is 0 Å². The van der Waals surface area contributed by atoms with Gasteiger partial charge in [0.25, 0.3) is 0 Å². The third-order valence-electron chi connectivity index (χ3n) is 6.32. The molecule has 1 atom stereocenters. The van der Waals surface area contributed by atoms with Gasteiger partial charge in [0.15, 0.2) is 0 Å². The van der Waals surface area contributed by atoms with Crippen molar-refractivity contribution in [1.82, 2.24) is 0 Å². The van der Waals surface area contributed by atoms with Crippen molar-refractivity contribution in [3.63, 3.8) is 0 Å². The maximum absolute atomic E-state index is 2.47. The predicted octanol–water partition coefficient (Wildman–Crippen LogP) is 8.51. The number of rotatable bonds is 20. The largest absolute Gasteiger partial charge is 0.326 e. The van der Waals surface area contributed by atoms with Gasteiger partial charge in [-0.3, -0.25) is 0 Å². The van der Waals surface area contributed by atoms with Gasteiger partial charge in [-0.15, -0.1) is 0 Å². The minimum Gasteiger partial charge on any atom is -0.326 e. The molecule has 0 saturated carbocycles. The van der Waals surface area contributed by atoms with Crippen LogP contribution in [0.15, 0.2) is 0 Å². The summed E-state index contributed by atoms with van der Waals surface area (Å²) in [4.78, 5) is 0. The molecule has 0 rings (SSSR count). The van der Waals surface area contributed by atoms with Gasteiger partial charge >= 0.3 is 0 Å². The van der Waals surface area contributed by atoms with Crippen molar-refractivity contribution in [3.8, 4) is 0 Å². The van der Waals surface area contributed by atoms with Crippen LogP contribution < -0.4 is 0 Å². The first-order chi connectivity index (χ1) is 12.6. The number of nitrogens with zero attached hydrogens (tertiary/aromatic N) is 1. The summed E-state index contributed by atoms with van der Waals surface area (Å²) in [7, 11) is 4.95.